The zero-order valence-corrected chi connectivity index (χ0v) is 11.9. The maximum absolute atomic E-state index is 12.0. The molecule has 1 aromatic rings. The van der Waals surface area contributed by atoms with Gasteiger partial charge in [0, 0.05) is 26.6 Å². The number of amides is 1. The predicted octanol–water partition coefficient (Wildman–Crippen LogP) is 2.54. The molecule has 0 aliphatic heterocycles. The van der Waals surface area contributed by atoms with E-state index in [1.54, 1.807) is 4.90 Å². The first-order valence-corrected chi connectivity index (χ1v) is 6.34. The van der Waals surface area contributed by atoms with E-state index in [1.807, 2.05) is 31.3 Å². The lowest BCUT2D eigenvalue weighted by Gasteiger charge is -2.23. The molecule has 0 saturated heterocycles. The summed E-state index contributed by atoms with van der Waals surface area (Å²) in [6, 6.07) is 8.08. The molecule has 0 aliphatic carbocycles. The van der Waals surface area contributed by atoms with E-state index in [9.17, 15) is 4.79 Å². The van der Waals surface area contributed by atoms with Gasteiger partial charge in [0.15, 0.2) is 0 Å². The Morgan fingerprint density at radius 2 is 1.67 bits per heavy atom. The van der Waals surface area contributed by atoms with E-state index in [2.05, 4.69) is 20.8 Å². The molecule has 0 atom stereocenters. The highest BCUT2D eigenvalue weighted by atomic mass is 16.2. The molecule has 1 aromatic carbocycles. The van der Waals surface area contributed by atoms with Crippen molar-refractivity contribution in [2.24, 2.45) is 11.1 Å². The highest BCUT2D eigenvalue weighted by Crippen LogP contribution is 2.20. The maximum atomic E-state index is 12.0. The summed E-state index contributed by atoms with van der Waals surface area (Å²) in [5, 5.41) is 0. The molecule has 3 heteroatoms. The van der Waals surface area contributed by atoms with Gasteiger partial charge in [0.25, 0.3) is 0 Å². The maximum Gasteiger partial charge on any atom is 0.223 e. The SMILES string of the molecule is CN(Cc1ccc(CN)cc1)C(=O)CC(C)(C)C. The largest absolute Gasteiger partial charge is 0.341 e. The summed E-state index contributed by atoms with van der Waals surface area (Å²) >= 11 is 0. The van der Waals surface area contributed by atoms with Crippen LogP contribution in [0, 0.1) is 5.41 Å². The smallest absolute Gasteiger partial charge is 0.223 e. The van der Waals surface area contributed by atoms with E-state index in [0.29, 0.717) is 19.5 Å². The summed E-state index contributed by atoms with van der Waals surface area (Å²) in [4.78, 5) is 13.8. The molecule has 0 bridgehead atoms. The fourth-order valence-corrected chi connectivity index (χ4v) is 1.73. The first kappa shape index (κ1) is 14.7. The van der Waals surface area contributed by atoms with E-state index >= 15 is 0 Å². The second-order valence-corrected chi connectivity index (χ2v) is 6.01. The Morgan fingerprint density at radius 1 is 1.17 bits per heavy atom. The van der Waals surface area contributed by atoms with Crippen molar-refractivity contribution < 1.29 is 4.79 Å². The molecule has 18 heavy (non-hydrogen) atoms. The van der Waals surface area contributed by atoms with Crippen LogP contribution in [-0.4, -0.2) is 17.9 Å². The molecule has 3 nitrogen and oxygen atoms in total. The molecule has 0 spiro atoms. The number of hydrogen-bond acceptors (Lipinski definition) is 2. The van der Waals surface area contributed by atoms with Crippen LogP contribution in [-0.2, 0) is 17.9 Å². The number of nitrogens with zero attached hydrogens (tertiary/aromatic N) is 1. The Bertz CT molecular complexity index is 390. The Morgan fingerprint density at radius 3 is 2.11 bits per heavy atom. The van der Waals surface area contributed by atoms with Crippen molar-refractivity contribution in [3.8, 4) is 0 Å². The van der Waals surface area contributed by atoms with Crippen LogP contribution in [0.2, 0.25) is 0 Å². The van der Waals surface area contributed by atoms with Gasteiger partial charge < -0.3 is 10.6 Å². The van der Waals surface area contributed by atoms with E-state index in [-0.39, 0.29) is 11.3 Å². The van der Waals surface area contributed by atoms with Gasteiger partial charge in [0.1, 0.15) is 0 Å². The summed E-state index contributed by atoms with van der Waals surface area (Å²) in [7, 11) is 1.85. The van der Waals surface area contributed by atoms with Gasteiger partial charge in [-0.05, 0) is 16.5 Å². The van der Waals surface area contributed by atoms with E-state index in [0.717, 1.165) is 11.1 Å². The van der Waals surface area contributed by atoms with Crippen LogP contribution in [0.25, 0.3) is 0 Å². The van der Waals surface area contributed by atoms with E-state index in [1.165, 1.54) is 0 Å². The third kappa shape index (κ3) is 4.88. The van der Waals surface area contributed by atoms with Crippen molar-refractivity contribution >= 4 is 5.91 Å². The topological polar surface area (TPSA) is 46.3 Å². The third-order valence-corrected chi connectivity index (χ3v) is 2.79. The molecule has 0 unspecified atom stereocenters. The summed E-state index contributed by atoms with van der Waals surface area (Å²) in [6.45, 7) is 7.44. The average molecular weight is 248 g/mol. The Labute approximate surface area is 110 Å². The summed E-state index contributed by atoms with van der Waals surface area (Å²) in [6.07, 6.45) is 0.574. The van der Waals surface area contributed by atoms with Gasteiger partial charge in [-0.3, -0.25) is 4.79 Å². The Hall–Kier alpha value is -1.35. The van der Waals surface area contributed by atoms with Crippen molar-refractivity contribution in [3.05, 3.63) is 35.4 Å². The molecule has 1 amide bonds. The number of hydrogen-bond donors (Lipinski definition) is 1. The fraction of sp³-hybridized carbons (Fsp3) is 0.533. The lowest BCUT2D eigenvalue weighted by atomic mass is 9.91. The monoisotopic (exact) mass is 248 g/mol. The van der Waals surface area contributed by atoms with E-state index in [4.69, 9.17) is 5.73 Å². The molecule has 2 N–H and O–H groups in total. The third-order valence-electron chi connectivity index (χ3n) is 2.79. The molecule has 1 rings (SSSR count). The molecule has 0 heterocycles. The first-order valence-electron chi connectivity index (χ1n) is 6.34. The molecule has 100 valence electrons. The highest BCUT2D eigenvalue weighted by Gasteiger charge is 2.18. The summed E-state index contributed by atoms with van der Waals surface area (Å²) in [5.74, 6) is 0.186. The molecule has 0 saturated carbocycles. The van der Waals surface area contributed by atoms with Gasteiger partial charge >= 0.3 is 0 Å². The van der Waals surface area contributed by atoms with Crippen LogP contribution in [0.15, 0.2) is 24.3 Å². The average Bonchev–Trinajstić information content (AvgIpc) is 2.27. The van der Waals surface area contributed by atoms with Crippen LogP contribution in [0.1, 0.15) is 38.3 Å². The van der Waals surface area contributed by atoms with Crippen molar-refractivity contribution in [3.63, 3.8) is 0 Å². The second kappa shape index (κ2) is 6.01. The molecule has 0 aromatic heterocycles. The first-order chi connectivity index (χ1) is 8.31. The minimum atomic E-state index is 0.0365. The van der Waals surface area contributed by atoms with E-state index < -0.39 is 0 Å². The van der Waals surface area contributed by atoms with Crippen LogP contribution >= 0.6 is 0 Å². The van der Waals surface area contributed by atoms with Crippen LogP contribution < -0.4 is 5.73 Å². The number of carbonyl (C=O) groups excluding carboxylic acids is 1. The molecule has 0 radical (unpaired) electrons. The molecular formula is C15H24N2O. The lowest BCUT2D eigenvalue weighted by molar-refractivity contribution is -0.132. The number of nitrogens with two attached hydrogens (primary N) is 1. The van der Waals surface area contributed by atoms with Gasteiger partial charge in [-0.25, -0.2) is 0 Å². The van der Waals surface area contributed by atoms with Crippen LogP contribution in [0.3, 0.4) is 0 Å². The minimum Gasteiger partial charge on any atom is -0.341 e. The van der Waals surface area contributed by atoms with Gasteiger partial charge in [0.2, 0.25) is 5.91 Å². The number of benzene rings is 1. The quantitative estimate of drug-likeness (QED) is 0.890. The lowest BCUT2D eigenvalue weighted by Crippen LogP contribution is -2.29. The minimum absolute atomic E-state index is 0.0365. The molecule has 0 fully saturated rings. The van der Waals surface area contributed by atoms with Crippen molar-refractivity contribution in [1.29, 1.82) is 0 Å². The normalized spacial score (nSPS) is 11.4. The highest BCUT2D eigenvalue weighted by molar-refractivity contribution is 5.76. The van der Waals surface area contributed by atoms with Crippen LogP contribution in [0.4, 0.5) is 0 Å². The fourth-order valence-electron chi connectivity index (χ4n) is 1.73. The summed E-state index contributed by atoms with van der Waals surface area (Å²) in [5.41, 5.74) is 7.84. The second-order valence-electron chi connectivity index (χ2n) is 6.01. The van der Waals surface area contributed by atoms with Gasteiger partial charge in [-0.15, -0.1) is 0 Å². The van der Waals surface area contributed by atoms with Crippen molar-refractivity contribution in [1.82, 2.24) is 4.90 Å². The zero-order valence-electron chi connectivity index (χ0n) is 11.9. The van der Waals surface area contributed by atoms with Gasteiger partial charge in [-0.1, -0.05) is 45.0 Å². The zero-order chi connectivity index (χ0) is 13.8. The van der Waals surface area contributed by atoms with Crippen molar-refractivity contribution in [2.45, 2.75) is 40.3 Å². The number of carbonyl (C=O) groups is 1. The molecule has 0 aliphatic rings. The standard InChI is InChI=1S/C15H24N2O/c1-15(2,3)9-14(18)17(4)11-13-7-5-12(10-16)6-8-13/h5-8H,9-11,16H2,1-4H3. The molecular weight excluding hydrogens is 224 g/mol. The van der Waals surface area contributed by atoms with Gasteiger partial charge in [0.05, 0.1) is 0 Å². The van der Waals surface area contributed by atoms with Gasteiger partial charge in [-0.2, -0.15) is 0 Å². The van der Waals surface area contributed by atoms with Crippen molar-refractivity contribution in [2.75, 3.05) is 7.05 Å². The number of rotatable bonds is 4. The Balaban J connectivity index is 2.58. The van der Waals surface area contributed by atoms with Crippen LogP contribution in [0.5, 0.6) is 0 Å². The summed E-state index contributed by atoms with van der Waals surface area (Å²) < 4.78 is 0. The Kier molecular flexibility index (Phi) is 4.91. The predicted molar refractivity (Wildman–Crippen MR) is 74.9 cm³/mol.